The predicted molar refractivity (Wildman–Crippen MR) is 90.5 cm³/mol. The van der Waals surface area contributed by atoms with Gasteiger partial charge in [0.1, 0.15) is 0 Å². The fraction of sp³-hybridized carbons (Fsp3) is 0.556. The van der Waals surface area contributed by atoms with Gasteiger partial charge in [0, 0.05) is 18.5 Å². The first-order valence-corrected chi connectivity index (χ1v) is 8.27. The third-order valence-corrected chi connectivity index (χ3v) is 4.86. The van der Waals surface area contributed by atoms with Gasteiger partial charge < -0.3 is 5.11 Å². The number of hydrogen-bond donors (Lipinski definition) is 1. The van der Waals surface area contributed by atoms with Crippen LogP contribution in [0.4, 0.5) is 0 Å². The van der Waals surface area contributed by atoms with E-state index in [1.54, 1.807) is 0 Å². The van der Waals surface area contributed by atoms with Gasteiger partial charge >= 0.3 is 0 Å². The van der Waals surface area contributed by atoms with Crippen LogP contribution >= 0.6 is 0 Å². The molecular formula is C18H25N3O. The Morgan fingerprint density at radius 3 is 2.45 bits per heavy atom. The number of rotatable bonds is 4. The van der Waals surface area contributed by atoms with Gasteiger partial charge in [-0.15, -0.1) is 0 Å². The van der Waals surface area contributed by atoms with E-state index in [1.165, 1.54) is 32.1 Å². The van der Waals surface area contributed by atoms with Crippen LogP contribution in [0, 0.1) is 0 Å². The Kier molecular flexibility index (Phi) is 5.01. The summed E-state index contributed by atoms with van der Waals surface area (Å²) >= 11 is 0. The predicted octanol–water partition coefficient (Wildman–Crippen LogP) is 2.97. The molecular weight excluding hydrogens is 274 g/mol. The van der Waals surface area contributed by atoms with Gasteiger partial charge in [0.2, 0.25) is 0 Å². The highest BCUT2D eigenvalue weighted by atomic mass is 16.3. The zero-order valence-electron chi connectivity index (χ0n) is 13.2. The molecule has 22 heavy (non-hydrogen) atoms. The summed E-state index contributed by atoms with van der Waals surface area (Å²) in [6.45, 7) is 0.0553. The van der Waals surface area contributed by atoms with Crippen molar-refractivity contribution in [1.82, 2.24) is 4.90 Å². The highest BCUT2D eigenvalue weighted by Gasteiger charge is 2.25. The fourth-order valence-electron chi connectivity index (χ4n) is 3.47. The van der Waals surface area contributed by atoms with E-state index < -0.39 is 0 Å². The van der Waals surface area contributed by atoms with E-state index in [4.69, 9.17) is 0 Å². The lowest BCUT2D eigenvalue weighted by atomic mass is 9.94. The maximum atomic E-state index is 9.46. The molecule has 3 rings (SSSR count). The van der Waals surface area contributed by atoms with Crippen molar-refractivity contribution >= 4 is 12.4 Å². The molecule has 0 radical (unpaired) electrons. The summed E-state index contributed by atoms with van der Waals surface area (Å²) in [5, 5.41) is 9.46. The van der Waals surface area contributed by atoms with Crippen molar-refractivity contribution in [3.05, 3.63) is 35.4 Å². The fourth-order valence-corrected chi connectivity index (χ4v) is 3.47. The first kappa shape index (κ1) is 15.4. The maximum absolute atomic E-state index is 9.46. The zero-order valence-corrected chi connectivity index (χ0v) is 13.2. The van der Waals surface area contributed by atoms with Gasteiger partial charge in [-0.1, -0.05) is 43.5 Å². The normalized spacial score (nSPS) is 25.8. The maximum Gasteiger partial charge on any atom is 0.195 e. The summed E-state index contributed by atoms with van der Waals surface area (Å²) in [6, 6.07) is 8.55. The second-order valence-electron chi connectivity index (χ2n) is 6.28. The summed E-state index contributed by atoms with van der Waals surface area (Å²) in [4.78, 5) is 11.6. The average molecular weight is 299 g/mol. The number of hydrogen-bond acceptors (Lipinski definition) is 4. The first-order valence-electron chi connectivity index (χ1n) is 8.27. The van der Waals surface area contributed by atoms with Crippen molar-refractivity contribution in [3.8, 4) is 0 Å². The molecule has 0 amide bonds. The van der Waals surface area contributed by atoms with Crippen LogP contribution in [0.2, 0.25) is 0 Å². The first-order chi connectivity index (χ1) is 10.8. The molecule has 1 N–H and O–H groups in total. The van der Waals surface area contributed by atoms with Crippen LogP contribution in [0.3, 0.4) is 0 Å². The van der Waals surface area contributed by atoms with Crippen LogP contribution in [0.5, 0.6) is 0 Å². The third-order valence-electron chi connectivity index (χ3n) is 4.86. The largest absolute Gasteiger partial charge is 0.392 e. The second-order valence-corrected chi connectivity index (χ2v) is 6.28. The SMILES string of the molecule is CN(C1CCCCC1)C1N=CC(c2ccccc2CO)C=N1. The minimum Gasteiger partial charge on any atom is -0.392 e. The summed E-state index contributed by atoms with van der Waals surface area (Å²) in [6.07, 6.45) is 10.4. The van der Waals surface area contributed by atoms with Crippen LogP contribution in [-0.4, -0.2) is 41.8 Å². The molecule has 1 heterocycles. The van der Waals surface area contributed by atoms with E-state index in [9.17, 15) is 5.11 Å². The Bertz CT molecular complexity index is 535. The summed E-state index contributed by atoms with van der Waals surface area (Å²) in [5.41, 5.74) is 2.04. The molecule has 4 nitrogen and oxygen atoms in total. The number of aliphatic imine (C=N–C) groups is 2. The lowest BCUT2D eigenvalue weighted by Gasteiger charge is -2.34. The van der Waals surface area contributed by atoms with Crippen LogP contribution in [0.25, 0.3) is 0 Å². The second kappa shape index (κ2) is 7.16. The molecule has 1 aliphatic heterocycles. The van der Waals surface area contributed by atoms with Gasteiger partial charge in [0.15, 0.2) is 6.29 Å². The van der Waals surface area contributed by atoms with Crippen LogP contribution < -0.4 is 0 Å². The molecule has 0 saturated heterocycles. The summed E-state index contributed by atoms with van der Waals surface area (Å²) < 4.78 is 0. The standard InChI is InChI=1S/C18H25N3O/c1-21(16-8-3-2-4-9-16)18-19-11-15(12-20-18)17-10-6-5-7-14(17)13-22/h5-7,10-12,15-16,18,22H,2-4,8-9,13H2,1H3. The molecule has 0 bridgehead atoms. The van der Waals surface area contributed by atoms with Gasteiger partial charge in [-0.05, 0) is 31.0 Å². The molecule has 1 fully saturated rings. The molecule has 1 aromatic carbocycles. The minimum absolute atomic E-state index is 0.0553. The summed E-state index contributed by atoms with van der Waals surface area (Å²) in [5.74, 6) is 0.0688. The highest BCUT2D eigenvalue weighted by Crippen LogP contribution is 2.26. The smallest absolute Gasteiger partial charge is 0.195 e. The zero-order chi connectivity index (χ0) is 15.4. The molecule has 1 saturated carbocycles. The van der Waals surface area contributed by atoms with Crippen molar-refractivity contribution in [2.75, 3.05) is 7.05 Å². The lowest BCUT2D eigenvalue weighted by Crippen LogP contribution is -2.40. The van der Waals surface area contributed by atoms with Gasteiger partial charge in [0.05, 0.1) is 12.5 Å². The van der Waals surface area contributed by atoms with E-state index in [0.29, 0.717) is 6.04 Å². The van der Waals surface area contributed by atoms with E-state index in [0.717, 1.165) is 11.1 Å². The minimum atomic E-state index is -0.0827. The Morgan fingerprint density at radius 2 is 1.77 bits per heavy atom. The van der Waals surface area contributed by atoms with Gasteiger partial charge in [-0.3, -0.25) is 14.9 Å². The van der Waals surface area contributed by atoms with Crippen LogP contribution in [0.1, 0.15) is 49.1 Å². The monoisotopic (exact) mass is 299 g/mol. The quantitative estimate of drug-likeness (QED) is 0.929. The van der Waals surface area contributed by atoms with Crippen molar-refractivity contribution in [1.29, 1.82) is 0 Å². The Labute approximate surface area is 132 Å². The number of benzene rings is 1. The van der Waals surface area contributed by atoms with E-state index >= 15 is 0 Å². The molecule has 1 aliphatic carbocycles. The molecule has 4 heteroatoms. The lowest BCUT2D eigenvalue weighted by molar-refractivity contribution is 0.145. The summed E-state index contributed by atoms with van der Waals surface area (Å²) in [7, 11) is 2.14. The third kappa shape index (κ3) is 3.28. The Balaban J connectivity index is 1.68. The van der Waals surface area contributed by atoms with Crippen molar-refractivity contribution in [2.24, 2.45) is 9.98 Å². The highest BCUT2D eigenvalue weighted by molar-refractivity contribution is 5.92. The Hall–Kier alpha value is -1.52. The van der Waals surface area contributed by atoms with E-state index in [2.05, 4.69) is 21.9 Å². The van der Waals surface area contributed by atoms with Crippen molar-refractivity contribution in [3.63, 3.8) is 0 Å². The molecule has 118 valence electrons. The van der Waals surface area contributed by atoms with Crippen LogP contribution in [-0.2, 0) is 6.61 Å². The molecule has 2 aliphatic rings. The number of nitrogens with zero attached hydrogens (tertiary/aromatic N) is 3. The van der Waals surface area contributed by atoms with Crippen molar-refractivity contribution < 1.29 is 5.11 Å². The van der Waals surface area contributed by atoms with Gasteiger partial charge in [0.25, 0.3) is 0 Å². The van der Waals surface area contributed by atoms with Crippen molar-refractivity contribution in [2.45, 2.75) is 57.0 Å². The van der Waals surface area contributed by atoms with E-state index in [-0.39, 0.29) is 18.8 Å². The van der Waals surface area contributed by atoms with E-state index in [1.807, 2.05) is 36.7 Å². The molecule has 0 atom stereocenters. The van der Waals surface area contributed by atoms with Gasteiger partial charge in [-0.25, -0.2) is 0 Å². The topological polar surface area (TPSA) is 48.2 Å². The Morgan fingerprint density at radius 1 is 1.09 bits per heavy atom. The molecule has 0 unspecified atom stereocenters. The van der Waals surface area contributed by atoms with Gasteiger partial charge in [-0.2, -0.15) is 0 Å². The molecule has 1 aromatic rings. The molecule has 0 spiro atoms. The number of aliphatic hydroxyl groups excluding tert-OH is 1. The number of aliphatic hydroxyl groups is 1. The van der Waals surface area contributed by atoms with Crippen LogP contribution in [0.15, 0.2) is 34.3 Å². The average Bonchev–Trinajstić information content (AvgIpc) is 2.62. The molecule has 0 aromatic heterocycles.